The van der Waals surface area contributed by atoms with Gasteiger partial charge in [-0.15, -0.1) is 0 Å². The lowest BCUT2D eigenvalue weighted by Crippen LogP contribution is -3.12. The number of piperazine rings is 1. The summed E-state index contributed by atoms with van der Waals surface area (Å²) in [6, 6.07) is 8.37. The summed E-state index contributed by atoms with van der Waals surface area (Å²) in [5, 5.41) is 4.87. The van der Waals surface area contributed by atoms with Crippen LogP contribution in [0.2, 0.25) is 0 Å². The number of aryl methyl sites for hydroxylation is 2. The molecule has 0 radical (unpaired) electrons. The van der Waals surface area contributed by atoms with Crippen LogP contribution in [0.4, 0.5) is 0 Å². The predicted octanol–water partition coefficient (Wildman–Crippen LogP) is 1.67. The number of nitrogens with zero attached hydrogens (tertiary/aromatic N) is 3. The second kappa shape index (κ2) is 8.04. The molecule has 0 atom stereocenters. The Morgan fingerprint density at radius 2 is 1.81 bits per heavy atom. The number of carbonyl (C=O) groups excluding carboxylic acids is 1. The molecule has 2 heterocycles. The zero-order valence-corrected chi connectivity index (χ0v) is 16.5. The van der Waals surface area contributed by atoms with Gasteiger partial charge in [-0.3, -0.25) is 4.79 Å². The molecule has 0 aliphatic carbocycles. The fraction of sp³-hybridized carbons (Fsp3) is 0.524. The Labute approximate surface area is 156 Å². The first-order valence-electron chi connectivity index (χ1n) is 9.83. The van der Waals surface area contributed by atoms with Crippen LogP contribution in [-0.4, -0.2) is 53.8 Å². The molecule has 1 saturated heterocycles. The van der Waals surface area contributed by atoms with Crippen LogP contribution in [0.1, 0.15) is 47.6 Å². The third-order valence-electron chi connectivity index (χ3n) is 5.27. The van der Waals surface area contributed by atoms with E-state index < -0.39 is 0 Å². The first-order valence-corrected chi connectivity index (χ1v) is 9.83. The number of likely N-dealkylation sites (N-methyl/N-ethyl adjacent to an activating group) is 1. The molecule has 1 amide bonds. The van der Waals surface area contributed by atoms with Crippen LogP contribution in [0.5, 0.6) is 0 Å². The normalized spacial score (nSPS) is 15.5. The Bertz CT molecular complexity index is 755. The van der Waals surface area contributed by atoms with Gasteiger partial charge in [-0.1, -0.05) is 38.0 Å². The minimum Gasteiger partial charge on any atom is -0.334 e. The fourth-order valence-electron chi connectivity index (χ4n) is 3.64. The Morgan fingerprint density at radius 3 is 2.38 bits per heavy atom. The first kappa shape index (κ1) is 18.6. The molecule has 1 aliphatic heterocycles. The quantitative estimate of drug-likeness (QED) is 0.886. The number of benzene rings is 1. The smallest absolute Gasteiger partial charge is 0.258 e. The zero-order chi connectivity index (χ0) is 18.7. The highest BCUT2D eigenvalue weighted by molar-refractivity contribution is 5.96. The Balaban J connectivity index is 2.02. The summed E-state index contributed by atoms with van der Waals surface area (Å²) in [4.78, 5) is 16.9. The summed E-state index contributed by atoms with van der Waals surface area (Å²) >= 11 is 0. The molecule has 5 nitrogen and oxygen atoms in total. The summed E-state index contributed by atoms with van der Waals surface area (Å²) in [5.41, 5.74) is 5.08. The molecule has 2 aromatic rings. The van der Waals surface area contributed by atoms with Gasteiger partial charge in [0, 0.05) is 0 Å². The second-order valence-electron chi connectivity index (χ2n) is 7.37. The summed E-state index contributed by atoms with van der Waals surface area (Å²) in [5.74, 6) is 0.163. The van der Waals surface area contributed by atoms with Crippen LogP contribution in [0.15, 0.2) is 24.3 Å². The SMILES string of the molecule is CCCc1nn(-c2ccc(C)cc2)c(CC)c1C(=O)N1CC[NH+](C)CC1. The van der Waals surface area contributed by atoms with Crippen LogP contribution >= 0.6 is 0 Å². The van der Waals surface area contributed by atoms with Gasteiger partial charge in [0.2, 0.25) is 0 Å². The van der Waals surface area contributed by atoms with E-state index in [0.29, 0.717) is 0 Å². The highest BCUT2D eigenvalue weighted by Crippen LogP contribution is 2.23. The third-order valence-corrected chi connectivity index (χ3v) is 5.27. The Kier molecular flexibility index (Phi) is 5.77. The maximum absolute atomic E-state index is 13.3. The number of amides is 1. The standard InChI is InChI=1S/C21H30N4O/c1-5-7-18-20(21(26)24-14-12-23(4)13-15-24)19(6-2)25(22-18)17-10-8-16(3)9-11-17/h8-11H,5-7,12-15H2,1-4H3/p+1. The van der Waals surface area contributed by atoms with Gasteiger partial charge in [0.25, 0.3) is 5.91 Å². The van der Waals surface area contributed by atoms with Gasteiger partial charge < -0.3 is 9.80 Å². The van der Waals surface area contributed by atoms with Crippen LogP contribution in [0.3, 0.4) is 0 Å². The Hall–Kier alpha value is -2.14. The lowest BCUT2D eigenvalue weighted by molar-refractivity contribution is -0.883. The van der Waals surface area contributed by atoms with E-state index in [4.69, 9.17) is 5.10 Å². The van der Waals surface area contributed by atoms with Crippen LogP contribution < -0.4 is 4.90 Å². The number of quaternary nitrogens is 1. The van der Waals surface area contributed by atoms with Gasteiger partial charge in [-0.2, -0.15) is 5.10 Å². The second-order valence-corrected chi connectivity index (χ2v) is 7.37. The molecule has 26 heavy (non-hydrogen) atoms. The average Bonchev–Trinajstić information content (AvgIpc) is 3.01. The summed E-state index contributed by atoms with van der Waals surface area (Å²) < 4.78 is 1.99. The van der Waals surface area contributed by atoms with Crippen LogP contribution in [-0.2, 0) is 12.8 Å². The van der Waals surface area contributed by atoms with Crippen LogP contribution in [0, 0.1) is 6.92 Å². The van der Waals surface area contributed by atoms with Gasteiger partial charge in [-0.05, 0) is 31.9 Å². The van der Waals surface area contributed by atoms with Gasteiger partial charge in [0.1, 0.15) is 0 Å². The molecule has 1 aliphatic rings. The van der Waals surface area contributed by atoms with Gasteiger partial charge in [0.15, 0.2) is 0 Å². The molecule has 1 fully saturated rings. The topological polar surface area (TPSA) is 42.6 Å². The van der Waals surface area contributed by atoms with Gasteiger partial charge in [-0.25, -0.2) is 4.68 Å². The van der Waals surface area contributed by atoms with Crippen molar-refractivity contribution in [3.63, 3.8) is 0 Å². The fourth-order valence-corrected chi connectivity index (χ4v) is 3.64. The predicted molar refractivity (Wildman–Crippen MR) is 104 cm³/mol. The molecule has 140 valence electrons. The average molecular weight is 356 g/mol. The van der Waals surface area contributed by atoms with Gasteiger partial charge in [0.05, 0.1) is 55.9 Å². The number of hydrogen-bond donors (Lipinski definition) is 1. The van der Waals surface area contributed by atoms with Crippen LogP contribution in [0.25, 0.3) is 5.69 Å². The number of nitrogens with one attached hydrogen (secondary N) is 1. The molecule has 1 aromatic heterocycles. The lowest BCUT2D eigenvalue weighted by Gasteiger charge is -2.30. The van der Waals surface area contributed by atoms with Crippen molar-refractivity contribution < 1.29 is 9.69 Å². The van der Waals surface area contributed by atoms with E-state index in [2.05, 4.69) is 52.1 Å². The molecule has 0 spiro atoms. The third kappa shape index (κ3) is 3.68. The van der Waals surface area contributed by atoms with E-state index in [9.17, 15) is 4.79 Å². The summed E-state index contributed by atoms with van der Waals surface area (Å²) in [6.07, 6.45) is 2.62. The first-order chi connectivity index (χ1) is 12.5. The monoisotopic (exact) mass is 355 g/mol. The summed E-state index contributed by atoms with van der Waals surface area (Å²) in [7, 11) is 2.19. The largest absolute Gasteiger partial charge is 0.334 e. The van der Waals surface area contributed by atoms with E-state index >= 15 is 0 Å². The van der Waals surface area contributed by atoms with Crippen molar-refractivity contribution in [1.82, 2.24) is 14.7 Å². The van der Waals surface area contributed by atoms with Crippen molar-refractivity contribution >= 4 is 5.91 Å². The molecule has 5 heteroatoms. The minimum atomic E-state index is 0.163. The molecule has 0 bridgehead atoms. The number of rotatable bonds is 5. The summed E-state index contributed by atoms with van der Waals surface area (Å²) in [6.45, 7) is 10.0. The number of hydrogen-bond acceptors (Lipinski definition) is 2. The molecular formula is C21H31N4O+. The van der Waals surface area contributed by atoms with E-state index in [0.717, 1.165) is 68.1 Å². The molecule has 1 N–H and O–H groups in total. The maximum Gasteiger partial charge on any atom is 0.258 e. The zero-order valence-electron chi connectivity index (χ0n) is 16.5. The lowest BCUT2D eigenvalue weighted by atomic mass is 10.1. The van der Waals surface area contributed by atoms with E-state index in [1.54, 1.807) is 0 Å². The minimum absolute atomic E-state index is 0.163. The molecule has 0 unspecified atom stereocenters. The molecule has 1 aromatic carbocycles. The number of aromatic nitrogens is 2. The van der Waals surface area contributed by atoms with Crippen molar-refractivity contribution in [3.8, 4) is 5.69 Å². The highest BCUT2D eigenvalue weighted by Gasteiger charge is 2.29. The van der Waals surface area contributed by atoms with E-state index in [-0.39, 0.29) is 5.91 Å². The van der Waals surface area contributed by atoms with E-state index in [1.165, 1.54) is 10.5 Å². The Morgan fingerprint density at radius 1 is 1.15 bits per heavy atom. The molecule has 0 saturated carbocycles. The maximum atomic E-state index is 13.3. The van der Waals surface area contributed by atoms with Crippen molar-refractivity contribution in [2.45, 2.75) is 40.0 Å². The van der Waals surface area contributed by atoms with Crippen molar-refractivity contribution in [1.29, 1.82) is 0 Å². The molecule has 3 rings (SSSR count). The number of carbonyl (C=O) groups is 1. The van der Waals surface area contributed by atoms with E-state index in [1.807, 2.05) is 9.58 Å². The van der Waals surface area contributed by atoms with Crippen molar-refractivity contribution in [2.24, 2.45) is 0 Å². The molecular weight excluding hydrogens is 324 g/mol. The highest BCUT2D eigenvalue weighted by atomic mass is 16.2. The van der Waals surface area contributed by atoms with Crippen molar-refractivity contribution in [2.75, 3.05) is 33.2 Å². The van der Waals surface area contributed by atoms with Gasteiger partial charge >= 0.3 is 0 Å². The van der Waals surface area contributed by atoms with Crippen molar-refractivity contribution in [3.05, 3.63) is 46.8 Å².